The summed E-state index contributed by atoms with van der Waals surface area (Å²) in [6.45, 7) is 6.07. The number of rotatable bonds is 18. The third-order valence-electron chi connectivity index (χ3n) is 7.94. The van der Waals surface area contributed by atoms with E-state index in [0.717, 1.165) is 59.8 Å². The molecule has 0 heterocycles. The van der Waals surface area contributed by atoms with Crippen molar-refractivity contribution in [2.24, 2.45) is 0 Å². The maximum atomic E-state index is 8.83. The van der Waals surface area contributed by atoms with E-state index in [2.05, 4.69) is 50.3 Å². The lowest BCUT2D eigenvalue weighted by Gasteiger charge is -2.07. The topological polar surface area (TPSA) is 66.0 Å². The standard InChI is InChI=1S/2C21H25NO/c2*1-2-3-4-5-6-7-16-23-21-14-12-20(13-15-21)19-10-8-18(17-22)9-11-19/h2*8-15H,2-7,16H2,1H3. The number of hydrogen-bond acceptors (Lipinski definition) is 4. The van der Waals surface area contributed by atoms with E-state index in [4.69, 9.17) is 20.0 Å². The van der Waals surface area contributed by atoms with E-state index in [1.54, 1.807) is 0 Å². The SMILES string of the molecule is CCCCCCCCOc1ccc(-c2ccc(C#N)cc2)cc1.CCCCCCCCOc1ccc(-c2ccc(C#N)cc2)cc1. The van der Waals surface area contributed by atoms with Gasteiger partial charge in [0.2, 0.25) is 0 Å². The van der Waals surface area contributed by atoms with Crippen molar-refractivity contribution in [1.82, 2.24) is 0 Å². The van der Waals surface area contributed by atoms with E-state index >= 15 is 0 Å². The number of ether oxygens (including phenoxy) is 2. The maximum Gasteiger partial charge on any atom is 0.119 e. The molecule has 0 N–H and O–H groups in total. The molecule has 0 aliphatic heterocycles. The predicted octanol–water partition coefficient (Wildman–Crippen LogP) is 11.9. The van der Waals surface area contributed by atoms with Crippen molar-refractivity contribution >= 4 is 0 Å². The van der Waals surface area contributed by atoms with Crippen LogP contribution in [0.2, 0.25) is 0 Å². The summed E-state index contributed by atoms with van der Waals surface area (Å²) >= 11 is 0. The van der Waals surface area contributed by atoms with Gasteiger partial charge in [-0.1, -0.05) is 127 Å². The Morgan fingerprint density at radius 2 is 0.674 bits per heavy atom. The van der Waals surface area contributed by atoms with Crippen LogP contribution in [0, 0.1) is 22.7 Å². The zero-order valence-electron chi connectivity index (χ0n) is 27.8. The highest BCUT2D eigenvalue weighted by Crippen LogP contribution is 2.24. The van der Waals surface area contributed by atoms with Gasteiger partial charge in [0.25, 0.3) is 0 Å². The molecule has 46 heavy (non-hydrogen) atoms. The van der Waals surface area contributed by atoms with Gasteiger partial charge in [-0.05, 0) is 83.6 Å². The fraction of sp³-hybridized carbons (Fsp3) is 0.381. The third-order valence-corrected chi connectivity index (χ3v) is 7.94. The molecule has 0 aliphatic carbocycles. The number of nitrogens with zero attached hydrogens (tertiary/aromatic N) is 2. The van der Waals surface area contributed by atoms with Gasteiger partial charge in [0.05, 0.1) is 36.5 Å². The van der Waals surface area contributed by atoms with E-state index in [1.165, 1.54) is 64.2 Å². The molecule has 0 saturated carbocycles. The average molecular weight is 615 g/mol. The maximum absolute atomic E-state index is 8.83. The molecule has 0 unspecified atom stereocenters. The van der Waals surface area contributed by atoms with Gasteiger partial charge in [-0.15, -0.1) is 0 Å². The van der Waals surface area contributed by atoms with Crippen LogP contribution in [-0.4, -0.2) is 13.2 Å². The van der Waals surface area contributed by atoms with E-state index in [1.807, 2.05) is 72.8 Å². The molecular weight excluding hydrogens is 564 g/mol. The predicted molar refractivity (Wildman–Crippen MR) is 191 cm³/mol. The van der Waals surface area contributed by atoms with Gasteiger partial charge in [0.15, 0.2) is 0 Å². The van der Waals surface area contributed by atoms with Crippen LogP contribution in [0.4, 0.5) is 0 Å². The lowest BCUT2D eigenvalue weighted by atomic mass is 10.0. The molecule has 0 atom stereocenters. The Hall–Kier alpha value is -4.54. The van der Waals surface area contributed by atoms with Crippen molar-refractivity contribution in [3.05, 3.63) is 108 Å². The van der Waals surface area contributed by atoms with Gasteiger partial charge >= 0.3 is 0 Å². The molecule has 0 saturated heterocycles. The second-order valence-electron chi connectivity index (χ2n) is 11.7. The summed E-state index contributed by atoms with van der Waals surface area (Å²) in [4.78, 5) is 0. The number of nitriles is 2. The smallest absolute Gasteiger partial charge is 0.119 e. The van der Waals surface area contributed by atoms with Crippen molar-refractivity contribution in [2.75, 3.05) is 13.2 Å². The summed E-state index contributed by atoms with van der Waals surface area (Å²) < 4.78 is 11.6. The lowest BCUT2D eigenvalue weighted by molar-refractivity contribution is 0.304. The molecule has 0 fully saturated rings. The zero-order valence-corrected chi connectivity index (χ0v) is 27.8. The minimum Gasteiger partial charge on any atom is -0.494 e. The molecule has 240 valence electrons. The molecule has 0 bridgehead atoms. The largest absolute Gasteiger partial charge is 0.494 e. The highest BCUT2D eigenvalue weighted by atomic mass is 16.5. The molecule has 4 aromatic rings. The molecular formula is C42H50N2O2. The second kappa shape index (κ2) is 22.0. The first-order valence-electron chi connectivity index (χ1n) is 17.1. The number of hydrogen-bond donors (Lipinski definition) is 0. The third kappa shape index (κ3) is 13.6. The Kier molecular flexibility index (Phi) is 17.2. The molecule has 0 spiro atoms. The highest BCUT2D eigenvalue weighted by molar-refractivity contribution is 5.65. The quantitative estimate of drug-likeness (QED) is 0.105. The summed E-state index contributed by atoms with van der Waals surface area (Å²) in [6, 6.07) is 35.9. The first kappa shape index (κ1) is 35.9. The average Bonchev–Trinajstić information content (AvgIpc) is 3.12. The van der Waals surface area contributed by atoms with Gasteiger partial charge in [-0.2, -0.15) is 10.5 Å². The Morgan fingerprint density at radius 3 is 0.978 bits per heavy atom. The van der Waals surface area contributed by atoms with Gasteiger partial charge in [0.1, 0.15) is 11.5 Å². The summed E-state index contributed by atoms with van der Waals surface area (Å²) in [5.41, 5.74) is 5.89. The molecule has 4 rings (SSSR count). The molecule has 4 heteroatoms. The van der Waals surface area contributed by atoms with E-state index in [9.17, 15) is 0 Å². The van der Waals surface area contributed by atoms with Crippen LogP contribution in [0.15, 0.2) is 97.1 Å². The van der Waals surface area contributed by atoms with Crippen LogP contribution in [0.1, 0.15) is 102 Å². The van der Waals surface area contributed by atoms with Crippen molar-refractivity contribution in [3.8, 4) is 45.9 Å². The fourth-order valence-corrected chi connectivity index (χ4v) is 5.11. The Bertz CT molecular complexity index is 1330. The second-order valence-corrected chi connectivity index (χ2v) is 11.7. The minimum atomic E-state index is 0.688. The molecule has 0 radical (unpaired) electrons. The first-order valence-corrected chi connectivity index (χ1v) is 17.1. The lowest BCUT2D eigenvalue weighted by Crippen LogP contribution is -1.97. The van der Waals surface area contributed by atoms with Crippen LogP contribution in [0.5, 0.6) is 11.5 Å². The fourth-order valence-electron chi connectivity index (χ4n) is 5.11. The van der Waals surface area contributed by atoms with Gasteiger partial charge in [-0.3, -0.25) is 0 Å². The van der Waals surface area contributed by atoms with Crippen molar-refractivity contribution < 1.29 is 9.47 Å². The van der Waals surface area contributed by atoms with Crippen LogP contribution in [0.25, 0.3) is 22.3 Å². The van der Waals surface area contributed by atoms with Crippen LogP contribution < -0.4 is 9.47 Å². The normalized spacial score (nSPS) is 10.3. The van der Waals surface area contributed by atoms with Crippen molar-refractivity contribution in [3.63, 3.8) is 0 Å². The van der Waals surface area contributed by atoms with Crippen LogP contribution in [0.3, 0.4) is 0 Å². The first-order chi connectivity index (χ1) is 22.7. The summed E-state index contributed by atoms with van der Waals surface area (Å²) in [6.07, 6.45) is 15.4. The van der Waals surface area contributed by atoms with E-state index < -0.39 is 0 Å². The molecule has 0 amide bonds. The number of benzene rings is 4. The minimum absolute atomic E-state index is 0.688. The molecule has 0 aliphatic rings. The summed E-state index contributed by atoms with van der Waals surface area (Å²) in [7, 11) is 0. The van der Waals surface area contributed by atoms with Crippen molar-refractivity contribution in [2.45, 2.75) is 90.9 Å². The monoisotopic (exact) mass is 614 g/mol. The van der Waals surface area contributed by atoms with Crippen LogP contribution >= 0.6 is 0 Å². The van der Waals surface area contributed by atoms with E-state index in [-0.39, 0.29) is 0 Å². The Balaban J connectivity index is 0.000000250. The van der Waals surface area contributed by atoms with Gasteiger partial charge < -0.3 is 9.47 Å². The molecule has 4 aromatic carbocycles. The number of unbranched alkanes of at least 4 members (excludes halogenated alkanes) is 10. The van der Waals surface area contributed by atoms with Gasteiger partial charge in [0, 0.05) is 0 Å². The van der Waals surface area contributed by atoms with E-state index in [0.29, 0.717) is 11.1 Å². The zero-order chi connectivity index (χ0) is 32.7. The van der Waals surface area contributed by atoms with Crippen molar-refractivity contribution in [1.29, 1.82) is 10.5 Å². The Labute approximate surface area is 277 Å². The molecule has 0 aromatic heterocycles. The highest BCUT2D eigenvalue weighted by Gasteiger charge is 2.01. The summed E-state index contributed by atoms with van der Waals surface area (Å²) in [5, 5.41) is 17.7. The Morgan fingerprint density at radius 1 is 0.391 bits per heavy atom. The summed E-state index contributed by atoms with van der Waals surface area (Å²) in [5.74, 6) is 1.85. The van der Waals surface area contributed by atoms with Crippen LogP contribution in [-0.2, 0) is 0 Å². The molecule has 4 nitrogen and oxygen atoms in total. The van der Waals surface area contributed by atoms with Gasteiger partial charge in [-0.25, -0.2) is 0 Å².